The number of hydrogen-bond acceptors (Lipinski definition) is 4. The van der Waals surface area contributed by atoms with Crippen LogP contribution in [0.5, 0.6) is 0 Å². The van der Waals surface area contributed by atoms with Crippen molar-refractivity contribution in [3.63, 3.8) is 0 Å². The van der Waals surface area contributed by atoms with Crippen LogP contribution < -0.4 is 10.6 Å². The molecule has 1 aromatic carbocycles. The Morgan fingerprint density at radius 3 is 2.76 bits per heavy atom. The van der Waals surface area contributed by atoms with Crippen molar-refractivity contribution in [2.45, 2.75) is 19.0 Å². The first-order valence-corrected chi connectivity index (χ1v) is 9.54. The molecule has 25 heavy (non-hydrogen) atoms. The number of amides is 2. The van der Waals surface area contributed by atoms with Crippen LogP contribution in [-0.2, 0) is 6.54 Å². The Hall–Kier alpha value is -2.54. The molecule has 0 bridgehead atoms. The number of pyridine rings is 1. The summed E-state index contributed by atoms with van der Waals surface area (Å²) in [6.45, 7) is 0.489. The fourth-order valence-corrected chi connectivity index (χ4v) is 3.06. The maximum absolute atomic E-state index is 12.3. The van der Waals surface area contributed by atoms with Crippen molar-refractivity contribution in [3.8, 4) is 0 Å². The molecule has 1 unspecified atom stereocenters. The normalized spacial score (nSPS) is 12.0. The summed E-state index contributed by atoms with van der Waals surface area (Å²) in [7, 11) is 0. The molecule has 0 spiro atoms. The lowest BCUT2D eigenvalue weighted by atomic mass is 10.2. The standard InChI is InChI=1S/C18H21N5OS/c1-25-12-10-15(17-22-21-16-9-5-6-11-23(16)17)20-18(24)19-13-14-7-3-2-4-8-14/h2-9,11,15H,10,12-13H2,1H3,(H2,19,20,24). The average molecular weight is 355 g/mol. The number of nitrogens with zero attached hydrogens (tertiary/aromatic N) is 3. The molecule has 0 saturated carbocycles. The van der Waals surface area contributed by atoms with Crippen molar-refractivity contribution < 1.29 is 4.79 Å². The van der Waals surface area contributed by atoms with Crippen molar-refractivity contribution in [3.05, 3.63) is 66.1 Å². The molecule has 3 aromatic rings. The van der Waals surface area contributed by atoms with Crippen LogP contribution >= 0.6 is 11.8 Å². The molecule has 1 atom stereocenters. The maximum atomic E-state index is 12.3. The number of rotatable bonds is 7. The molecule has 0 aliphatic heterocycles. The van der Waals surface area contributed by atoms with Gasteiger partial charge in [0.1, 0.15) is 0 Å². The molecule has 6 nitrogen and oxygen atoms in total. The number of fused-ring (bicyclic) bond motifs is 1. The lowest BCUT2D eigenvalue weighted by molar-refractivity contribution is 0.235. The molecule has 2 amide bonds. The summed E-state index contributed by atoms with van der Waals surface area (Å²) in [4.78, 5) is 12.3. The Balaban J connectivity index is 1.69. The lowest BCUT2D eigenvalue weighted by Crippen LogP contribution is -2.38. The first-order valence-electron chi connectivity index (χ1n) is 8.15. The van der Waals surface area contributed by atoms with Crippen LogP contribution in [0.15, 0.2) is 54.7 Å². The molecule has 0 aliphatic carbocycles. The first-order chi connectivity index (χ1) is 12.3. The number of aromatic nitrogens is 3. The average Bonchev–Trinajstić information content (AvgIpc) is 3.08. The van der Waals surface area contributed by atoms with Crippen LogP contribution in [0.2, 0.25) is 0 Å². The van der Waals surface area contributed by atoms with Gasteiger partial charge in [0.2, 0.25) is 0 Å². The second-order valence-electron chi connectivity index (χ2n) is 5.63. The number of hydrogen-bond donors (Lipinski definition) is 2. The van der Waals surface area contributed by atoms with Gasteiger partial charge in [0.15, 0.2) is 11.5 Å². The van der Waals surface area contributed by atoms with Gasteiger partial charge in [-0.3, -0.25) is 4.40 Å². The fraction of sp³-hybridized carbons (Fsp3) is 0.278. The van der Waals surface area contributed by atoms with E-state index in [1.807, 2.05) is 59.1 Å². The molecular formula is C18H21N5OS. The number of benzene rings is 1. The van der Waals surface area contributed by atoms with E-state index < -0.39 is 0 Å². The Labute approximate surface area is 151 Å². The summed E-state index contributed by atoms with van der Waals surface area (Å²) in [6, 6.07) is 15.2. The van der Waals surface area contributed by atoms with E-state index in [0.29, 0.717) is 6.54 Å². The molecule has 2 N–H and O–H groups in total. The van der Waals surface area contributed by atoms with Crippen molar-refractivity contribution in [2.24, 2.45) is 0 Å². The Morgan fingerprint density at radius 1 is 1.16 bits per heavy atom. The van der Waals surface area contributed by atoms with Crippen LogP contribution in [0.3, 0.4) is 0 Å². The zero-order valence-electron chi connectivity index (χ0n) is 14.1. The van der Waals surface area contributed by atoms with Crippen molar-refractivity contribution in [2.75, 3.05) is 12.0 Å². The van der Waals surface area contributed by atoms with Gasteiger partial charge in [-0.2, -0.15) is 11.8 Å². The van der Waals surface area contributed by atoms with Crippen LogP contribution in [0.25, 0.3) is 5.65 Å². The predicted molar refractivity (Wildman–Crippen MR) is 101 cm³/mol. The third kappa shape index (κ3) is 4.51. The minimum absolute atomic E-state index is 0.194. The van der Waals surface area contributed by atoms with Gasteiger partial charge in [0.05, 0.1) is 6.04 Å². The van der Waals surface area contributed by atoms with E-state index in [2.05, 4.69) is 27.1 Å². The number of urea groups is 1. The molecule has 3 rings (SSSR count). The topological polar surface area (TPSA) is 71.3 Å². The molecule has 0 saturated heterocycles. The van der Waals surface area contributed by atoms with Crippen molar-refractivity contribution in [1.29, 1.82) is 0 Å². The van der Waals surface area contributed by atoms with Crippen LogP contribution in [0, 0.1) is 0 Å². The number of nitrogens with one attached hydrogen (secondary N) is 2. The van der Waals surface area contributed by atoms with Gasteiger partial charge in [0, 0.05) is 12.7 Å². The fourth-order valence-electron chi connectivity index (χ4n) is 2.59. The van der Waals surface area contributed by atoms with Crippen molar-refractivity contribution >= 4 is 23.4 Å². The molecule has 0 radical (unpaired) electrons. The Morgan fingerprint density at radius 2 is 1.96 bits per heavy atom. The van der Waals surface area contributed by atoms with Crippen molar-refractivity contribution in [1.82, 2.24) is 25.2 Å². The summed E-state index contributed by atoms with van der Waals surface area (Å²) < 4.78 is 1.92. The number of thioether (sulfide) groups is 1. The third-order valence-corrected chi connectivity index (χ3v) is 4.51. The van der Waals surface area contributed by atoms with E-state index in [0.717, 1.165) is 29.2 Å². The highest BCUT2D eigenvalue weighted by Crippen LogP contribution is 2.18. The summed E-state index contributed by atoms with van der Waals surface area (Å²) in [5.74, 6) is 1.67. The first kappa shape index (κ1) is 17.3. The Kier molecular flexibility index (Phi) is 5.90. The van der Waals surface area contributed by atoms with Gasteiger partial charge in [-0.25, -0.2) is 4.79 Å². The van der Waals surface area contributed by atoms with E-state index >= 15 is 0 Å². The molecule has 0 aliphatic rings. The highest BCUT2D eigenvalue weighted by atomic mass is 32.2. The molecule has 2 heterocycles. The smallest absolute Gasteiger partial charge is 0.315 e. The van der Waals surface area contributed by atoms with Crippen LogP contribution in [0.1, 0.15) is 23.9 Å². The minimum atomic E-state index is -0.206. The van der Waals surface area contributed by atoms with E-state index in [1.54, 1.807) is 11.8 Å². The Bertz CT molecular complexity index is 820. The molecular weight excluding hydrogens is 334 g/mol. The summed E-state index contributed by atoms with van der Waals surface area (Å²) in [5.41, 5.74) is 1.84. The number of carbonyl (C=O) groups is 1. The highest BCUT2D eigenvalue weighted by molar-refractivity contribution is 7.98. The minimum Gasteiger partial charge on any atom is -0.334 e. The van der Waals surface area contributed by atoms with Crippen LogP contribution in [-0.4, -0.2) is 32.6 Å². The summed E-state index contributed by atoms with van der Waals surface area (Å²) in [5, 5.41) is 14.4. The van der Waals surface area contributed by atoms with E-state index in [-0.39, 0.29) is 12.1 Å². The molecule has 2 aromatic heterocycles. The van der Waals surface area contributed by atoms with E-state index in [4.69, 9.17) is 0 Å². The second kappa shape index (κ2) is 8.53. The van der Waals surface area contributed by atoms with Gasteiger partial charge < -0.3 is 10.6 Å². The summed E-state index contributed by atoms with van der Waals surface area (Å²) in [6.07, 6.45) is 4.75. The number of carbonyl (C=O) groups excluding carboxylic acids is 1. The monoisotopic (exact) mass is 355 g/mol. The predicted octanol–water partition coefficient (Wildman–Crippen LogP) is 3.02. The quantitative estimate of drug-likeness (QED) is 0.683. The lowest BCUT2D eigenvalue weighted by Gasteiger charge is -2.17. The second-order valence-corrected chi connectivity index (χ2v) is 6.62. The van der Waals surface area contributed by atoms with Gasteiger partial charge in [-0.05, 0) is 36.1 Å². The third-order valence-electron chi connectivity index (χ3n) is 3.86. The molecule has 0 fully saturated rings. The zero-order valence-corrected chi connectivity index (χ0v) is 14.9. The van der Waals surface area contributed by atoms with E-state index in [1.165, 1.54) is 0 Å². The SMILES string of the molecule is CSCCC(NC(=O)NCc1ccccc1)c1nnc2ccccn12. The van der Waals surface area contributed by atoms with Crippen LogP contribution in [0.4, 0.5) is 4.79 Å². The highest BCUT2D eigenvalue weighted by Gasteiger charge is 2.19. The molecule has 7 heteroatoms. The van der Waals surface area contributed by atoms with E-state index in [9.17, 15) is 4.79 Å². The zero-order chi connectivity index (χ0) is 17.5. The van der Waals surface area contributed by atoms with Gasteiger partial charge in [-0.1, -0.05) is 36.4 Å². The molecule has 130 valence electrons. The summed E-state index contributed by atoms with van der Waals surface area (Å²) >= 11 is 1.74. The van der Waals surface area contributed by atoms with Gasteiger partial charge >= 0.3 is 6.03 Å². The van der Waals surface area contributed by atoms with Gasteiger partial charge in [0.25, 0.3) is 0 Å². The largest absolute Gasteiger partial charge is 0.334 e. The maximum Gasteiger partial charge on any atom is 0.315 e. The van der Waals surface area contributed by atoms with Gasteiger partial charge in [-0.15, -0.1) is 10.2 Å².